The number of phenols is 1. The van der Waals surface area contributed by atoms with Crippen LogP contribution in [0.25, 0.3) is 0 Å². The van der Waals surface area contributed by atoms with Crippen LogP contribution in [0.1, 0.15) is 31.1 Å². The number of anilines is 1. The number of amidine groups is 1. The van der Waals surface area contributed by atoms with Gasteiger partial charge in [-0.2, -0.15) is 13.2 Å². The van der Waals surface area contributed by atoms with Crippen molar-refractivity contribution in [1.82, 2.24) is 0 Å². The second-order valence-electron chi connectivity index (χ2n) is 7.51. The van der Waals surface area contributed by atoms with Crippen molar-refractivity contribution < 1.29 is 37.7 Å². The van der Waals surface area contributed by atoms with E-state index in [-0.39, 0.29) is 41.7 Å². The number of aliphatic imine (C=N–C) groups is 1. The fourth-order valence-electron chi connectivity index (χ4n) is 3.77. The summed E-state index contributed by atoms with van der Waals surface area (Å²) in [5, 5.41) is 18.4. The highest BCUT2D eigenvalue weighted by atomic mass is 35.5. The van der Waals surface area contributed by atoms with Crippen molar-refractivity contribution in [3.05, 3.63) is 63.8 Å². The lowest BCUT2D eigenvalue weighted by molar-refractivity contribution is -0.134. The van der Waals surface area contributed by atoms with Gasteiger partial charge in [-0.25, -0.2) is 0 Å². The number of benzene rings is 2. The number of rotatable bonds is 2. The molecule has 0 radical (unpaired) electrons. The summed E-state index contributed by atoms with van der Waals surface area (Å²) >= 11 is 6.19. The van der Waals surface area contributed by atoms with Crippen LogP contribution in [0.15, 0.2) is 52.7 Å². The number of ether oxygens (including phenoxy) is 2. The van der Waals surface area contributed by atoms with Gasteiger partial charge in [0.05, 0.1) is 19.3 Å². The Labute approximate surface area is 198 Å². The van der Waals surface area contributed by atoms with Crippen LogP contribution in [0.3, 0.4) is 0 Å². The number of hydrogen-bond donors (Lipinski definition) is 2. The number of aromatic hydroxyl groups is 1. The monoisotopic (exact) mass is 498 g/mol. The molecule has 182 valence electrons. The summed E-state index contributed by atoms with van der Waals surface area (Å²) in [7, 11) is 1.41. The average molecular weight is 499 g/mol. The van der Waals surface area contributed by atoms with Gasteiger partial charge in [0.15, 0.2) is 11.5 Å². The summed E-state index contributed by atoms with van der Waals surface area (Å²) in [6, 6.07) is 9.45. The molecule has 7 nitrogen and oxygen atoms in total. The number of hydrogen-bond acceptors (Lipinski definition) is 6. The van der Waals surface area contributed by atoms with E-state index in [1.165, 1.54) is 26.2 Å². The number of nitrogens with zero attached hydrogens (tertiary/aromatic N) is 2. The second-order valence-corrected chi connectivity index (χ2v) is 7.94. The Morgan fingerprint density at radius 1 is 1.26 bits per heavy atom. The zero-order valence-corrected chi connectivity index (χ0v) is 19.2. The Kier molecular flexibility index (Phi) is 7.42. The number of para-hydroxylation sites is 1. The predicted molar refractivity (Wildman–Crippen MR) is 121 cm³/mol. The number of allylic oxidation sites excluding steroid dienone is 1. The van der Waals surface area contributed by atoms with Crippen LogP contribution in [0.2, 0.25) is 5.02 Å². The first-order chi connectivity index (χ1) is 16.0. The molecule has 2 aliphatic heterocycles. The number of phenolic OH excluding ortho intramolecular Hbond substituents is 1. The molecule has 1 atom stereocenters. The number of methoxy groups -OCH3 is 1. The fraction of sp³-hybridized carbons (Fsp3) is 0.304. The Bertz CT molecular complexity index is 1160. The summed E-state index contributed by atoms with van der Waals surface area (Å²) in [5.74, 6) is -0.618. The molecule has 11 heteroatoms. The molecule has 0 aliphatic carbocycles. The van der Waals surface area contributed by atoms with E-state index in [1.54, 1.807) is 24.3 Å². The van der Waals surface area contributed by atoms with Gasteiger partial charge >= 0.3 is 6.18 Å². The quantitative estimate of drug-likeness (QED) is 0.582. The zero-order valence-electron chi connectivity index (χ0n) is 18.5. The standard InChI is InChI=1S/C21H18ClF3N2O3.C2H4O2/c1-11-9-26-17-10-30-19(13-4-3-5-16(29-2)18(13)28)14-8-12(22)6-7-15(14)27(17)20(11)21(23,24)25;1-2(3)4/h3-8,19,28H,9-10H2,1-2H3;1H3,(H,3,4)/t19-;/m1./s1. The van der Waals surface area contributed by atoms with Crippen molar-refractivity contribution in [3.8, 4) is 11.5 Å². The van der Waals surface area contributed by atoms with Crippen LogP contribution in [-0.2, 0) is 9.53 Å². The topological polar surface area (TPSA) is 91.6 Å². The smallest absolute Gasteiger partial charge is 0.431 e. The summed E-state index contributed by atoms with van der Waals surface area (Å²) in [6.07, 6.45) is -5.46. The van der Waals surface area contributed by atoms with E-state index in [0.717, 1.165) is 11.8 Å². The highest BCUT2D eigenvalue weighted by molar-refractivity contribution is 6.30. The number of carbonyl (C=O) groups is 1. The predicted octanol–water partition coefficient (Wildman–Crippen LogP) is 5.32. The van der Waals surface area contributed by atoms with Crippen molar-refractivity contribution in [2.75, 3.05) is 25.2 Å². The maximum Gasteiger partial charge on any atom is 0.431 e. The van der Waals surface area contributed by atoms with E-state index < -0.39 is 23.9 Å². The molecule has 34 heavy (non-hydrogen) atoms. The van der Waals surface area contributed by atoms with Crippen LogP contribution in [0.5, 0.6) is 11.5 Å². The first-order valence-corrected chi connectivity index (χ1v) is 10.4. The molecular weight excluding hydrogens is 477 g/mol. The van der Waals surface area contributed by atoms with Gasteiger partial charge in [-0.05, 0) is 36.8 Å². The number of aliphatic carboxylic acids is 1. The average Bonchev–Trinajstić information content (AvgIpc) is 2.89. The van der Waals surface area contributed by atoms with Gasteiger partial charge in [-0.3, -0.25) is 14.7 Å². The minimum absolute atomic E-state index is 0.0674. The van der Waals surface area contributed by atoms with E-state index in [0.29, 0.717) is 16.1 Å². The number of halogens is 4. The second kappa shape index (κ2) is 9.94. The van der Waals surface area contributed by atoms with E-state index in [9.17, 15) is 18.3 Å². The van der Waals surface area contributed by atoms with Crippen molar-refractivity contribution >= 4 is 29.1 Å². The summed E-state index contributed by atoms with van der Waals surface area (Å²) < 4.78 is 53.1. The van der Waals surface area contributed by atoms with E-state index in [1.807, 2.05) is 0 Å². The van der Waals surface area contributed by atoms with Gasteiger partial charge in [0.1, 0.15) is 24.2 Å². The lowest BCUT2D eigenvalue weighted by atomic mass is 9.97. The Balaban J connectivity index is 0.000000751. The normalized spacial score (nSPS) is 17.6. The number of carboxylic acid groups (broad SMARTS) is 1. The molecule has 2 heterocycles. The minimum Gasteiger partial charge on any atom is -0.504 e. The van der Waals surface area contributed by atoms with E-state index in [2.05, 4.69) is 4.99 Å². The molecular formula is C23H22ClF3N2O5. The van der Waals surface area contributed by atoms with Gasteiger partial charge < -0.3 is 19.7 Å². The first kappa shape index (κ1) is 25.4. The first-order valence-electron chi connectivity index (χ1n) is 10.0. The third-order valence-electron chi connectivity index (χ3n) is 5.08. The molecule has 0 saturated carbocycles. The Morgan fingerprint density at radius 2 is 1.94 bits per heavy atom. The summed E-state index contributed by atoms with van der Waals surface area (Å²) in [6.45, 7) is 2.25. The van der Waals surface area contributed by atoms with Gasteiger partial charge in [-0.1, -0.05) is 23.7 Å². The molecule has 0 unspecified atom stereocenters. The van der Waals surface area contributed by atoms with Gasteiger partial charge in [-0.15, -0.1) is 0 Å². The molecule has 0 saturated heterocycles. The maximum atomic E-state index is 14.0. The maximum absolute atomic E-state index is 14.0. The SMILES string of the molecule is CC(=O)O.COc1cccc([C@H]2OCC3=NCC(C)=C(C(F)(F)F)N3c3ccc(Cl)cc32)c1O. The lowest BCUT2D eigenvalue weighted by Crippen LogP contribution is -2.42. The third-order valence-corrected chi connectivity index (χ3v) is 5.31. The molecule has 2 aliphatic rings. The van der Waals surface area contributed by atoms with Gasteiger partial charge in [0.2, 0.25) is 0 Å². The largest absolute Gasteiger partial charge is 0.504 e. The molecule has 0 aromatic heterocycles. The van der Waals surface area contributed by atoms with Crippen LogP contribution >= 0.6 is 11.6 Å². The lowest BCUT2D eigenvalue weighted by Gasteiger charge is -2.33. The van der Waals surface area contributed by atoms with Crippen molar-refractivity contribution in [2.24, 2.45) is 4.99 Å². The molecule has 4 rings (SSSR count). The number of fused-ring (bicyclic) bond motifs is 3. The Hall–Kier alpha value is -3.24. The molecule has 0 bridgehead atoms. The third kappa shape index (κ3) is 5.13. The van der Waals surface area contributed by atoms with Gasteiger partial charge in [0.25, 0.3) is 5.97 Å². The van der Waals surface area contributed by atoms with Gasteiger partial charge in [0, 0.05) is 23.1 Å². The van der Waals surface area contributed by atoms with Crippen LogP contribution in [-0.4, -0.2) is 48.5 Å². The number of carboxylic acids is 1. The molecule has 2 aromatic rings. The molecule has 2 N–H and O–H groups in total. The molecule has 2 aromatic carbocycles. The highest BCUT2D eigenvalue weighted by Gasteiger charge is 2.45. The summed E-state index contributed by atoms with van der Waals surface area (Å²) in [4.78, 5) is 14.4. The van der Waals surface area contributed by atoms with Crippen LogP contribution in [0.4, 0.5) is 18.9 Å². The van der Waals surface area contributed by atoms with Crippen molar-refractivity contribution in [3.63, 3.8) is 0 Å². The fourth-order valence-corrected chi connectivity index (χ4v) is 3.95. The summed E-state index contributed by atoms with van der Waals surface area (Å²) in [5.41, 5.74) is 0.305. The minimum atomic E-state index is -4.58. The molecule has 0 fully saturated rings. The highest BCUT2D eigenvalue weighted by Crippen LogP contribution is 2.46. The van der Waals surface area contributed by atoms with Crippen molar-refractivity contribution in [2.45, 2.75) is 26.1 Å². The van der Waals surface area contributed by atoms with Crippen LogP contribution < -0.4 is 9.64 Å². The zero-order chi connectivity index (χ0) is 25.2. The number of alkyl halides is 3. The molecule has 0 spiro atoms. The van der Waals surface area contributed by atoms with Crippen molar-refractivity contribution in [1.29, 1.82) is 0 Å². The Morgan fingerprint density at radius 3 is 2.56 bits per heavy atom. The van der Waals surface area contributed by atoms with E-state index in [4.69, 9.17) is 31.0 Å². The molecule has 0 amide bonds. The van der Waals surface area contributed by atoms with Crippen LogP contribution in [0, 0.1) is 0 Å². The van der Waals surface area contributed by atoms with E-state index >= 15 is 0 Å².